The van der Waals surface area contributed by atoms with Crippen LogP contribution in [0.2, 0.25) is 0 Å². The Hall–Kier alpha value is -8.40. The minimum Gasteiger partial charge on any atom is -0.309 e. The number of hydrogen-bond acceptors (Lipinski definition) is 0. The Labute approximate surface area is 363 Å². The maximum Gasteiger partial charge on any atom is 0.0547 e. The van der Waals surface area contributed by atoms with Crippen LogP contribution in [0.15, 0.2) is 224 Å². The number of rotatable bonds is 3. The van der Waals surface area contributed by atoms with E-state index in [9.17, 15) is 0 Å². The summed E-state index contributed by atoms with van der Waals surface area (Å²) < 4.78 is 7.39. The van der Waals surface area contributed by atoms with Gasteiger partial charge in [0.2, 0.25) is 0 Å². The van der Waals surface area contributed by atoms with Gasteiger partial charge in [-0.05, 0) is 106 Å². The number of aromatic nitrogens is 3. The van der Waals surface area contributed by atoms with Gasteiger partial charge < -0.3 is 13.7 Å². The van der Waals surface area contributed by atoms with Crippen molar-refractivity contribution in [3.63, 3.8) is 0 Å². The van der Waals surface area contributed by atoms with Gasteiger partial charge in [0.25, 0.3) is 0 Å². The van der Waals surface area contributed by atoms with E-state index in [1.54, 1.807) is 0 Å². The van der Waals surface area contributed by atoms with Crippen molar-refractivity contribution < 1.29 is 0 Å². The summed E-state index contributed by atoms with van der Waals surface area (Å²) >= 11 is 0. The lowest BCUT2D eigenvalue weighted by molar-refractivity contribution is 1.16. The van der Waals surface area contributed by atoms with Crippen molar-refractivity contribution in [1.29, 1.82) is 0 Å². The van der Waals surface area contributed by atoms with Crippen molar-refractivity contribution in [3.8, 4) is 61.6 Å². The van der Waals surface area contributed by atoms with Crippen LogP contribution in [0.25, 0.3) is 127 Å². The van der Waals surface area contributed by atoms with Gasteiger partial charge in [0.15, 0.2) is 0 Å². The molecule has 0 fully saturated rings. The highest BCUT2D eigenvalue weighted by atomic mass is 15.0. The van der Waals surface area contributed by atoms with Gasteiger partial charge in [-0.2, -0.15) is 0 Å². The van der Waals surface area contributed by atoms with Crippen molar-refractivity contribution in [2.75, 3.05) is 0 Å². The molecule has 63 heavy (non-hydrogen) atoms. The van der Waals surface area contributed by atoms with Crippen LogP contribution in [0.1, 0.15) is 0 Å². The van der Waals surface area contributed by atoms with E-state index in [2.05, 4.69) is 238 Å². The Kier molecular flexibility index (Phi) is 7.11. The van der Waals surface area contributed by atoms with Crippen molar-refractivity contribution in [2.24, 2.45) is 0 Å². The van der Waals surface area contributed by atoms with E-state index in [1.807, 2.05) is 0 Å². The van der Waals surface area contributed by atoms with E-state index >= 15 is 0 Å². The first-order valence-corrected chi connectivity index (χ1v) is 21.8. The molecular weight excluding hydrogens is 763 g/mol. The van der Waals surface area contributed by atoms with Gasteiger partial charge in [-0.15, -0.1) is 0 Å². The van der Waals surface area contributed by atoms with Crippen molar-refractivity contribution in [2.45, 2.75) is 0 Å². The predicted molar refractivity (Wildman–Crippen MR) is 265 cm³/mol. The van der Waals surface area contributed by atoms with Crippen LogP contribution in [-0.4, -0.2) is 13.7 Å². The lowest BCUT2D eigenvalue weighted by Crippen LogP contribution is -2.04. The third-order valence-corrected chi connectivity index (χ3v) is 13.6. The van der Waals surface area contributed by atoms with Gasteiger partial charge in [0.05, 0.1) is 38.8 Å². The van der Waals surface area contributed by atoms with E-state index in [-0.39, 0.29) is 0 Å². The standard InChI is InChI=1S/C60H37N3/c1-2-18-42-40(16-1)41-17-3-4-19-43(41)50-25-15-31-59(63-56-29-13-7-22-47(56)48-23-8-14-30-57(48)63)60(50)52-37-38(32-34-44(42)52)62-55-28-12-9-24-49(55)51-36-39(33-35-58(51)62)61-53-26-10-5-20-45(53)46-21-6-11-27-54(46)61/h1-37H. The molecule has 1 aliphatic rings. The zero-order valence-electron chi connectivity index (χ0n) is 34.2. The molecule has 14 rings (SSSR count). The van der Waals surface area contributed by atoms with Crippen LogP contribution >= 0.6 is 0 Å². The lowest BCUT2D eigenvalue weighted by Gasteiger charge is -2.26. The molecule has 13 aromatic rings. The molecule has 0 atom stereocenters. The zero-order valence-corrected chi connectivity index (χ0v) is 34.2. The van der Waals surface area contributed by atoms with Crippen LogP contribution in [0.3, 0.4) is 0 Å². The average molecular weight is 800 g/mol. The maximum atomic E-state index is 2.49. The van der Waals surface area contributed by atoms with Crippen molar-refractivity contribution >= 4 is 65.4 Å². The molecule has 0 saturated carbocycles. The first-order chi connectivity index (χ1) is 31.3. The molecule has 0 spiro atoms. The van der Waals surface area contributed by atoms with Crippen LogP contribution in [0, 0.1) is 0 Å². The van der Waals surface area contributed by atoms with Crippen LogP contribution in [0.5, 0.6) is 0 Å². The van der Waals surface area contributed by atoms with Gasteiger partial charge >= 0.3 is 0 Å². The molecule has 292 valence electrons. The Bertz CT molecular complexity index is 3930. The highest BCUT2D eigenvalue weighted by Gasteiger charge is 2.27. The summed E-state index contributed by atoms with van der Waals surface area (Å²) in [5, 5.41) is 7.49. The molecule has 0 saturated heterocycles. The first kappa shape index (κ1) is 34.3. The van der Waals surface area contributed by atoms with E-state index < -0.39 is 0 Å². The molecule has 3 heteroatoms. The predicted octanol–water partition coefficient (Wildman–Crippen LogP) is 16.0. The zero-order chi connectivity index (χ0) is 41.2. The molecule has 0 amide bonds. The third kappa shape index (κ3) is 4.79. The highest BCUT2D eigenvalue weighted by molar-refractivity contribution is 6.14. The van der Waals surface area contributed by atoms with E-state index in [1.165, 1.54) is 110 Å². The fraction of sp³-hybridized carbons (Fsp3) is 0. The monoisotopic (exact) mass is 799 g/mol. The summed E-state index contributed by atoms with van der Waals surface area (Å²) in [6.07, 6.45) is 0. The summed E-state index contributed by atoms with van der Waals surface area (Å²) in [5.41, 5.74) is 20.4. The molecule has 0 N–H and O–H groups in total. The molecule has 3 aromatic heterocycles. The molecule has 0 radical (unpaired) electrons. The molecule has 10 aromatic carbocycles. The Morgan fingerprint density at radius 2 is 0.556 bits per heavy atom. The van der Waals surface area contributed by atoms with E-state index in [0.717, 1.165) is 17.1 Å². The normalized spacial score (nSPS) is 12.1. The Balaban J connectivity index is 1.08. The summed E-state index contributed by atoms with van der Waals surface area (Å²) in [7, 11) is 0. The van der Waals surface area contributed by atoms with Gasteiger partial charge in [-0.3, -0.25) is 0 Å². The SMILES string of the molecule is c1ccc2c(c1)-c1ccccc1-c1cccc(-n3c4ccccc4c4ccccc43)c1-c1cc(-n3c4ccccc4c4cc(-n5c6ccccc6c6ccccc65)ccc43)ccc1-2. The number of hydrogen-bond donors (Lipinski definition) is 0. The minimum atomic E-state index is 1.12. The minimum absolute atomic E-state index is 1.12. The fourth-order valence-corrected chi connectivity index (χ4v) is 11.0. The molecule has 0 unspecified atom stereocenters. The smallest absolute Gasteiger partial charge is 0.0547 e. The fourth-order valence-electron chi connectivity index (χ4n) is 11.0. The van der Waals surface area contributed by atoms with Crippen LogP contribution in [-0.2, 0) is 0 Å². The summed E-state index contributed by atoms with van der Waals surface area (Å²) in [4.78, 5) is 0. The van der Waals surface area contributed by atoms with Gasteiger partial charge in [0.1, 0.15) is 0 Å². The Morgan fingerprint density at radius 1 is 0.206 bits per heavy atom. The summed E-state index contributed by atoms with van der Waals surface area (Å²) in [6, 6.07) is 83.1. The second kappa shape index (κ2) is 13.1. The van der Waals surface area contributed by atoms with Gasteiger partial charge in [0, 0.05) is 49.3 Å². The molecule has 3 nitrogen and oxygen atoms in total. The largest absolute Gasteiger partial charge is 0.309 e. The molecule has 0 bridgehead atoms. The summed E-state index contributed by atoms with van der Waals surface area (Å²) in [5.74, 6) is 0. The third-order valence-electron chi connectivity index (χ3n) is 13.6. The van der Waals surface area contributed by atoms with Crippen LogP contribution < -0.4 is 0 Å². The summed E-state index contributed by atoms with van der Waals surface area (Å²) in [6.45, 7) is 0. The van der Waals surface area contributed by atoms with Gasteiger partial charge in [-0.1, -0.05) is 158 Å². The van der Waals surface area contributed by atoms with Gasteiger partial charge in [-0.25, -0.2) is 0 Å². The van der Waals surface area contributed by atoms with Crippen molar-refractivity contribution in [3.05, 3.63) is 224 Å². The number of benzene rings is 10. The lowest BCUT2D eigenvalue weighted by atomic mass is 9.80. The van der Waals surface area contributed by atoms with Crippen molar-refractivity contribution in [1.82, 2.24) is 13.7 Å². The first-order valence-electron chi connectivity index (χ1n) is 21.8. The number of fused-ring (bicyclic) bond motifs is 17. The van der Waals surface area contributed by atoms with E-state index in [0.29, 0.717) is 0 Å². The second-order valence-electron chi connectivity index (χ2n) is 16.8. The van der Waals surface area contributed by atoms with E-state index in [4.69, 9.17) is 0 Å². The maximum absolute atomic E-state index is 2.49. The number of nitrogens with zero attached hydrogens (tertiary/aromatic N) is 3. The molecule has 1 aliphatic carbocycles. The quantitative estimate of drug-likeness (QED) is 0.169. The number of para-hydroxylation sites is 5. The molecular formula is C60H37N3. The second-order valence-corrected chi connectivity index (χ2v) is 16.8. The highest BCUT2D eigenvalue weighted by Crippen LogP contribution is 2.51. The molecule has 3 heterocycles. The average Bonchev–Trinajstić information content (AvgIpc) is 3.99. The molecule has 0 aliphatic heterocycles. The topological polar surface area (TPSA) is 14.8 Å². The van der Waals surface area contributed by atoms with Crippen LogP contribution in [0.4, 0.5) is 0 Å². The Morgan fingerprint density at radius 3 is 1.06 bits per heavy atom.